The van der Waals surface area contributed by atoms with Crippen LogP contribution in [0.1, 0.15) is 34.5 Å². The van der Waals surface area contributed by atoms with Gasteiger partial charge in [-0.25, -0.2) is 9.97 Å². The van der Waals surface area contributed by atoms with Crippen molar-refractivity contribution in [1.29, 1.82) is 0 Å². The number of carboxylic acids is 1. The van der Waals surface area contributed by atoms with Crippen LogP contribution >= 0.6 is 34.5 Å². The number of benzene rings is 1. The highest BCUT2D eigenvalue weighted by Gasteiger charge is 2.13. The summed E-state index contributed by atoms with van der Waals surface area (Å²) >= 11 is 13.4. The van der Waals surface area contributed by atoms with Gasteiger partial charge in [-0.2, -0.15) is 0 Å². The van der Waals surface area contributed by atoms with E-state index in [4.69, 9.17) is 34.0 Å². The molecule has 1 atom stereocenters. The zero-order valence-electron chi connectivity index (χ0n) is 18.3. The van der Waals surface area contributed by atoms with Gasteiger partial charge in [0, 0.05) is 29.3 Å². The van der Waals surface area contributed by atoms with Gasteiger partial charge in [0.2, 0.25) is 5.95 Å². The molecule has 0 saturated carbocycles. The number of unbranched alkanes of at least 4 members (excludes halogenated alkanes) is 1. The molecule has 1 amide bonds. The highest BCUT2D eigenvalue weighted by molar-refractivity contribution is 7.17. The van der Waals surface area contributed by atoms with Crippen LogP contribution in [0, 0.1) is 0 Å². The van der Waals surface area contributed by atoms with E-state index in [1.807, 2.05) is 12.1 Å². The number of hydrogen-bond donors (Lipinski definition) is 4. The fourth-order valence-electron chi connectivity index (χ4n) is 3.11. The van der Waals surface area contributed by atoms with Crippen molar-refractivity contribution in [2.45, 2.75) is 31.7 Å². The van der Waals surface area contributed by atoms with Gasteiger partial charge in [-0.05, 0) is 61.6 Å². The van der Waals surface area contributed by atoms with Crippen LogP contribution in [0.2, 0.25) is 10.0 Å². The number of aliphatic carboxylic acids is 1. The summed E-state index contributed by atoms with van der Waals surface area (Å²) in [7, 11) is 0. The van der Waals surface area contributed by atoms with E-state index in [-0.39, 0.29) is 5.91 Å². The second-order valence-electron chi connectivity index (χ2n) is 7.54. The lowest BCUT2D eigenvalue weighted by Crippen LogP contribution is -2.29. The minimum Gasteiger partial charge on any atom is -0.480 e. The molecule has 0 fully saturated rings. The Balaban J connectivity index is 1.49. The SMILES string of the molecule is N[C@@H](CCCCNc1nccc(-c2ccc(C(=O)NCCc3ccc(Cl)cc3Cl)s2)n1)C(=O)O. The predicted octanol–water partition coefficient (Wildman–Crippen LogP) is 4.48. The average molecular weight is 522 g/mol. The van der Waals surface area contributed by atoms with E-state index in [0.717, 1.165) is 16.9 Å². The highest BCUT2D eigenvalue weighted by Crippen LogP contribution is 2.27. The van der Waals surface area contributed by atoms with Crippen molar-refractivity contribution < 1.29 is 14.7 Å². The van der Waals surface area contributed by atoms with Gasteiger partial charge < -0.3 is 21.5 Å². The van der Waals surface area contributed by atoms with Gasteiger partial charge in [-0.15, -0.1) is 11.3 Å². The van der Waals surface area contributed by atoms with Crippen LogP contribution in [0.3, 0.4) is 0 Å². The van der Waals surface area contributed by atoms with Crippen LogP contribution in [0.15, 0.2) is 42.6 Å². The molecule has 11 heteroatoms. The molecule has 3 aromatic rings. The fraction of sp³-hybridized carbons (Fsp3) is 0.304. The molecule has 0 bridgehead atoms. The molecule has 5 N–H and O–H groups in total. The minimum absolute atomic E-state index is 0.159. The zero-order valence-corrected chi connectivity index (χ0v) is 20.6. The Morgan fingerprint density at radius 3 is 2.71 bits per heavy atom. The van der Waals surface area contributed by atoms with Gasteiger partial charge in [0.25, 0.3) is 5.91 Å². The first-order chi connectivity index (χ1) is 16.3. The normalized spacial score (nSPS) is 11.7. The second-order valence-corrected chi connectivity index (χ2v) is 9.47. The molecule has 2 aromatic heterocycles. The minimum atomic E-state index is -0.987. The molecule has 0 saturated heterocycles. The Hall–Kier alpha value is -2.72. The Morgan fingerprint density at radius 1 is 1.12 bits per heavy atom. The smallest absolute Gasteiger partial charge is 0.320 e. The van der Waals surface area contributed by atoms with Gasteiger partial charge >= 0.3 is 5.97 Å². The summed E-state index contributed by atoms with van der Waals surface area (Å²) in [5, 5.41) is 16.0. The lowest BCUT2D eigenvalue weighted by atomic mass is 10.1. The summed E-state index contributed by atoms with van der Waals surface area (Å²) in [4.78, 5) is 33.4. The third-order valence-electron chi connectivity index (χ3n) is 4.98. The number of halogens is 2. The molecule has 0 radical (unpaired) electrons. The molecule has 8 nitrogen and oxygen atoms in total. The van der Waals surface area contributed by atoms with Crippen LogP contribution in [-0.4, -0.2) is 46.1 Å². The lowest BCUT2D eigenvalue weighted by Gasteiger charge is -2.07. The van der Waals surface area contributed by atoms with E-state index in [1.54, 1.807) is 30.5 Å². The molecular formula is C23H25Cl2N5O3S. The van der Waals surface area contributed by atoms with Crippen molar-refractivity contribution >= 4 is 52.4 Å². The third kappa shape index (κ3) is 7.66. The average Bonchev–Trinajstić information content (AvgIpc) is 3.31. The van der Waals surface area contributed by atoms with Crippen molar-refractivity contribution in [2.24, 2.45) is 5.73 Å². The largest absolute Gasteiger partial charge is 0.480 e. The number of rotatable bonds is 12. The van der Waals surface area contributed by atoms with Crippen LogP contribution in [-0.2, 0) is 11.2 Å². The fourth-order valence-corrected chi connectivity index (χ4v) is 4.51. The topological polar surface area (TPSA) is 130 Å². The van der Waals surface area contributed by atoms with Crippen molar-refractivity contribution in [3.63, 3.8) is 0 Å². The first-order valence-corrected chi connectivity index (χ1v) is 12.3. The first kappa shape index (κ1) is 25.9. The summed E-state index contributed by atoms with van der Waals surface area (Å²) in [5.74, 6) is -0.675. The summed E-state index contributed by atoms with van der Waals surface area (Å²) in [6.45, 7) is 1.05. The summed E-state index contributed by atoms with van der Waals surface area (Å²) in [6, 6.07) is 9.89. The Bertz CT molecular complexity index is 1140. The molecule has 0 aliphatic carbocycles. The molecule has 2 heterocycles. The number of carbonyl (C=O) groups is 2. The molecule has 0 spiro atoms. The standard InChI is InChI=1S/C23H25Cl2N5O3S/c24-15-5-4-14(16(25)13-15)8-11-27-21(31)20-7-6-19(34-20)18-9-12-29-23(30-18)28-10-2-1-3-17(26)22(32)33/h4-7,9,12-13,17H,1-3,8,10-11,26H2,(H,27,31)(H,32,33)(H,28,29,30)/t17-/m0/s1. The van der Waals surface area contributed by atoms with E-state index in [2.05, 4.69) is 20.6 Å². The number of aromatic nitrogens is 2. The first-order valence-electron chi connectivity index (χ1n) is 10.7. The quantitative estimate of drug-likeness (QED) is 0.258. The monoisotopic (exact) mass is 521 g/mol. The third-order valence-corrected chi connectivity index (χ3v) is 6.67. The number of nitrogens with one attached hydrogen (secondary N) is 2. The molecule has 1 aromatic carbocycles. The molecule has 0 aliphatic rings. The van der Waals surface area contributed by atoms with E-state index in [1.165, 1.54) is 11.3 Å². The van der Waals surface area contributed by atoms with Crippen molar-refractivity contribution in [2.75, 3.05) is 18.4 Å². The maximum atomic E-state index is 12.5. The number of thiophene rings is 1. The summed E-state index contributed by atoms with van der Waals surface area (Å²) in [6.07, 6.45) is 4.11. The van der Waals surface area contributed by atoms with E-state index in [0.29, 0.717) is 58.9 Å². The molecule has 3 rings (SSSR count). The van der Waals surface area contributed by atoms with Gasteiger partial charge in [0.1, 0.15) is 6.04 Å². The number of anilines is 1. The van der Waals surface area contributed by atoms with Crippen LogP contribution in [0.5, 0.6) is 0 Å². The number of amides is 1. The van der Waals surface area contributed by atoms with Gasteiger partial charge in [-0.3, -0.25) is 9.59 Å². The number of nitrogens with two attached hydrogens (primary N) is 1. The van der Waals surface area contributed by atoms with Gasteiger partial charge in [0.15, 0.2) is 0 Å². The summed E-state index contributed by atoms with van der Waals surface area (Å²) < 4.78 is 0. The van der Waals surface area contributed by atoms with E-state index in [9.17, 15) is 9.59 Å². The van der Waals surface area contributed by atoms with Crippen LogP contribution in [0.25, 0.3) is 10.6 Å². The number of hydrogen-bond acceptors (Lipinski definition) is 7. The predicted molar refractivity (Wildman–Crippen MR) is 136 cm³/mol. The Labute approximate surface area is 211 Å². The van der Waals surface area contributed by atoms with E-state index >= 15 is 0 Å². The number of nitrogens with zero attached hydrogens (tertiary/aromatic N) is 2. The second kappa shape index (κ2) is 12.7. The highest BCUT2D eigenvalue weighted by atomic mass is 35.5. The summed E-state index contributed by atoms with van der Waals surface area (Å²) in [5.41, 5.74) is 7.13. The Morgan fingerprint density at radius 2 is 1.94 bits per heavy atom. The van der Waals surface area contributed by atoms with Crippen LogP contribution in [0.4, 0.5) is 5.95 Å². The zero-order chi connectivity index (χ0) is 24.5. The molecule has 0 aliphatic heterocycles. The molecule has 0 unspecified atom stereocenters. The van der Waals surface area contributed by atoms with Gasteiger partial charge in [-0.1, -0.05) is 29.3 Å². The Kier molecular flexibility index (Phi) is 9.64. The van der Waals surface area contributed by atoms with E-state index < -0.39 is 12.0 Å². The number of carboxylic acid groups (broad SMARTS) is 1. The maximum Gasteiger partial charge on any atom is 0.320 e. The van der Waals surface area contributed by atoms with Gasteiger partial charge in [0.05, 0.1) is 15.4 Å². The maximum absolute atomic E-state index is 12.5. The number of carbonyl (C=O) groups excluding carboxylic acids is 1. The molecule has 180 valence electrons. The van der Waals surface area contributed by atoms with Crippen molar-refractivity contribution in [3.05, 3.63) is 63.1 Å². The molecular weight excluding hydrogens is 497 g/mol. The lowest BCUT2D eigenvalue weighted by molar-refractivity contribution is -0.138. The van der Waals surface area contributed by atoms with Crippen molar-refractivity contribution in [3.8, 4) is 10.6 Å². The van der Waals surface area contributed by atoms with Crippen LogP contribution < -0.4 is 16.4 Å². The molecule has 34 heavy (non-hydrogen) atoms. The van der Waals surface area contributed by atoms with Crippen molar-refractivity contribution in [1.82, 2.24) is 15.3 Å².